The molecule has 0 aliphatic heterocycles. The summed E-state index contributed by atoms with van der Waals surface area (Å²) in [5.74, 6) is -0.346. The molecule has 0 aromatic rings. The molecular formula is C19H34O4. The lowest BCUT2D eigenvalue weighted by Gasteiger charge is -2.05. The van der Waals surface area contributed by atoms with Crippen molar-refractivity contribution in [2.75, 3.05) is 13.2 Å². The maximum Gasteiger partial charge on any atom is 0.333 e. The molecular weight excluding hydrogens is 292 g/mol. The highest BCUT2D eigenvalue weighted by molar-refractivity contribution is 5.86. The lowest BCUT2D eigenvalue weighted by atomic mass is 10.1. The van der Waals surface area contributed by atoms with Gasteiger partial charge in [0.15, 0.2) is 0 Å². The largest absolute Gasteiger partial charge is 0.466 e. The molecule has 0 spiro atoms. The average Bonchev–Trinajstić information content (AvgIpc) is 2.52. The molecule has 0 aromatic carbocycles. The molecule has 0 heterocycles. The molecule has 0 aliphatic rings. The first-order chi connectivity index (χ1) is 11.1. The number of ether oxygens (including phenoxy) is 2. The van der Waals surface area contributed by atoms with Crippen molar-refractivity contribution < 1.29 is 19.1 Å². The van der Waals surface area contributed by atoms with Gasteiger partial charge in [0.05, 0.1) is 13.2 Å². The summed E-state index contributed by atoms with van der Waals surface area (Å²) in [6.45, 7) is 8.35. The minimum atomic E-state index is -0.293. The van der Waals surface area contributed by atoms with Gasteiger partial charge in [-0.25, -0.2) is 4.79 Å². The van der Waals surface area contributed by atoms with Crippen molar-refractivity contribution in [2.45, 2.75) is 84.5 Å². The summed E-state index contributed by atoms with van der Waals surface area (Å²) in [5, 5.41) is 0. The first kappa shape index (κ1) is 21.7. The van der Waals surface area contributed by atoms with E-state index < -0.39 is 0 Å². The molecule has 0 rings (SSSR count). The maximum atomic E-state index is 11.4. The normalized spacial score (nSPS) is 10.3. The van der Waals surface area contributed by atoms with Crippen LogP contribution in [0.3, 0.4) is 0 Å². The van der Waals surface area contributed by atoms with E-state index in [0.29, 0.717) is 25.2 Å². The Labute approximate surface area is 141 Å². The van der Waals surface area contributed by atoms with Crippen LogP contribution in [0.4, 0.5) is 0 Å². The molecule has 0 atom stereocenters. The summed E-state index contributed by atoms with van der Waals surface area (Å²) in [6.07, 6.45) is 11.4. The van der Waals surface area contributed by atoms with Gasteiger partial charge in [0.25, 0.3) is 0 Å². The predicted octanol–water partition coefficient (Wildman–Crippen LogP) is 4.96. The maximum absolute atomic E-state index is 11.4. The highest BCUT2D eigenvalue weighted by atomic mass is 16.5. The molecule has 0 aromatic heterocycles. The lowest BCUT2D eigenvalue weighted by Crippen LogP contribution is -2.06. The molecule has 0 radical (unpaired) electrons. The van der Waals surface area contributed by atoms with E-state index in [1.165, 1.54) is 25.7 Å². The second-order valence-electron chi connectivity index (χ2n) is 6.07. The molecule has 0 saturated heterocycles. The number of hydrogen-bond donors (Lipinski definition) is 0. The van der Waals surface area contributed by atoms with Crippen LogP contribution in [0, 0.1) is 0 Å². The van der Waals surface area contributed by atoms with Gasteiger partial charge in [0, 0.05) is 12.0 Å². The highest BCUT2D eigenvalue weighted by Crippen LogP contribution is 2.10. The molecule has 23 heavy (non-hydrogen) atoms. The minimum absolute atomic E-state index is 0.0530. The van der Waals surface area contributed by atoms with E-state index in [2.05, 4.69) is 13.5 Å². The molecule has 0 amide bonds. The molecule has 0 bridgehead atoms. The third-order valence-electron chi connectivity index (χ3n) is 3.62. The molecule has 4 nitrogen and oxygen atoms in total. The van der Waals surface area contributed by atoms with Gasteiger partial charge >= 0.3 is 11.9 Å². The van der Waals surface area contributed by atoms with E-state index in [9.17, 15) is 9.59 Å². The molecule has 0 N–H and O–H groups in total. The zero-order valence-corrected chi connectivity index (χ0v) is 15.0. The fourth-order valence-corrected chi connectivity index (χ4v) is 2.12. The van der Waals surface area contributed by atoms with Crippen molar-refractivity contribution in [1.29, 1.82) is 0 Å². The Morgan fingerprint density at radius 3 is 1.87 bits per heavy atom. The van der Waals surface area contributed by atoms with Gasteiger partial charge in [0.1, 0.15) is 0 Å². The number of carbonyl (C=O) groups excluding carboxylic acids is 2. The standard InChI is InChI=1S/C19H34O4/c1-4-5-15-22-18(20)14-12-10-8-6-7-9-11-13-16-23-19(21)17(2)3/h2,4-16H2,1,3H3. The van der Waals surface area contributed by atoms with Gasteiger partial charge in [-0.15, -0.1) is 0 Å². The first-order valence-corrected chi connectivity index (χ1v) is 9.06. The minimum Gasteiger partial charge on any atom is -0.466 e. The summed E-state index contributed by atoms with van der Waals surface area (Å²) >= 11 is 0. The molecule has 0 aliphatic carbocycles. The number of unbranched alkanes of at least 4 members (excludes halogenated alkanes) is 8. The van der Waals surface area contributed by atoms with Gasteiger partial charge < -0.3 is 9.47 Å². The van der Waals surface area contributed by atoms with Gasteiger partial charge in [0.2, 0.25) is 0 Å². The van der Waals surface area contributed by atoms with Crippen molar-refractivity contribution in [3.63, 3.8) is 0 Å². The SMILES string of the molecule is C=C(C)C(=O)OCCCCCCCCCCC(=O)OCCCC. The van der Waals surface area contributed by atoms with Crippen LogP contribution in [0.5, 0.6) is 0 Å². The summed E-state index contributed by atoms with van der Waals surface area (Å²) in [6, 6.07) is 0. The Morgan fingerprint density at radius 1 is 0.783 bits per heavy atom. The van der Waals surface area contributed by atoms with Crippen molar-refractivity contribution >= 4 is 11.9 Å². The van der Waals surface area contributed by atoms with Crippen LogP contribution in [0.15, 0.2) is 12.2 Å². The van der Waals surface area contributed by atoms with Crippen LogP contribution in [-0.2, 0) is 19.1 Å². The molecule has 0 fully saturated rings. The van der Waals surface area contributed by atoms with Crippen LogP contribution < -0.4 is 0 Å². The van der Waals surface area contributed by atoms with E-state index in [1.54, 1.807) is 6.92 Å². The van der Waals surface area contributed by atoms with Crippen molar-refractivity contribution in [3.8, 4) is 0 Å². The lowest BCUT2D eigenvalue weighted by molar-refractivity contribution is -0.144. The van der Waals surface area contributed by atoms with Crippen LogP contribution in [0.1, 0.15) is 84.5 Å². The van der Waals surface area contributed by atoms with Crippen molar-refractivity contribution in [1.82, 2.24) is 0 Å². The zero-order chi connectivity index (χ0) is 17.3. The van der Waals surface area contributed by atoms with Crippen LogP contribution in [0.25, 0.3) is 0 Å². The second kappa shape index (κ2) is 15.6. The molecule has 134 valence electrons. The Bertz CT molecular complexity index is 336. The van der Waals surface area contributed by atoms with Crippen LogP contribution >= 0.6 is 0 Å². The summed E-state index contributed by atoms with van der Waals surface area (Å²) in [5.41, 5.74) is 0.458. The Hall–Kier alpha value is -1.32. The van der Waals surface area contributed by atoms with E-state index in [-0.39, 0.29) is 11.9 Å². The number of hydrogen-bond acceptors (Lipinski definition) is 4. The molecule has 0 unspecified atom stereocenters. The van der Waals surface area contributed by atoms with Crippen molar-refractivity contribution in [2.24, 2.45) is 0 Å². The fourth-order valence-electron chi connectivity index (χ4n) is 2.12. The summed E-state index contributed by atoms with van der Waals surface area (Å²) in [7, 11) is 0. The zero-order valence-electron chi connectivity index (χ0n) is 15.0. The smallest absolute Gasteiger partial charge is 0.333 e. The van der Waals surface area contributed by atoms with Gasteiger partial charge in [-0.2, -0.15) is 0 Å². The first-order valence-electron chi connectivity index (χ1n) is 9.06. The van der Waals surface area contributed by atoms with E-state index >= 15 is 0 Å². The van der Waals surface area contributed by atoms with E-state index in [4.69, 9.17) is 9.47 Å². The highest BCUT2D eigenvalue weighted by Gasteiger charge is 2.03. The summed E-state index contributed by atoms with van der Waals surface area (Å²) in [4.78, 5) is 22.5. The molecule has 4 heteroatoms. The second-order valence-corrected chi connectivity index (χ2v) is 6.07. The topological polar surface area (TPSA) is 52.6 Å². The predicted molar refractivity (Wildman–Crippen MR) is 93.2 cm³/mol. The third kappa shape index (κ3) is 15.4. The third-order valence-corrected chi connectivity index (χ3v) is 3.62. The monoisotopic (exact) mass is 326 g/mol. The molecule has 0 saturated carbocycles. The Balaban J connectivity index is 3.20. The van der Waals surface area contributed by atoms with E-state index in [1.807, 2.05) is 0 Å². The summed E-state index contributed by atoms with van der Waals surface area (Å²) < 4.78 is 10.2. The number of carbonyl (C=O) groups is 2. The Kier molecular flexibility index (Phi) is 14.7. The van der Waals surface area contributed by atoms with Gasteiger partial charge in [-0.3, -0.25) is 4.79 Å². The van der Waals surface area contributed by atoms with Crippen molar-refractivity contribution in [3.05, 3.63) is 12.2 Å². The average molecular weight is 326 g/mol. The number of esters is 2. The van der Waals surface area contributed by atoms with Gasteiger partial charge in [-0.1, -0.05) is 58.4 Å². The number of rotatable bonds is 15. The Morgan fingerprint density at radius 2 is 1.30 bits per heavy atom. The van der Waals surface area contributed by atoms with Gasteiger partial charge in [-0.05, 0) is 26.2 Å². The van der Waals surface area contributed by atoms with Crippen LogP contribution in [0.2, 0.25) is 0 Å². The van der Waals surface area contributed by atoms with E-state index in [0.717, 1.165) is 38.5 Å². The fraction of sp³-hybridized carbons (Fsp3) is 0.789. The quantitative estimate of drug-likeness (QED) is 0.242. The van der Waals surface area contributed by atoms with Crippen LogP contribution in [-0.4, -0.2) is 25.2 Å².